The molecule has 3 heterocycles. The van der Waals surface area contributed by atoms with Crippen LogP contribution in [0.15, 0.2) is 4.79 Å². The van der Waals surface area contributed by atoms with Crippen molar-refractivity contribution in [1.29, 1.82) is 0 Å². The molecule has 94 valence electrons. The van der Waals surface area contributed by atoms with Crippen molar-refractivity contribution in [2.75, 3.05) is 18.5 Å². The molecule has 0 unspecified atom stereocenters. The van der Waals surface area contributed by atoms with Gasteiger partial charge in [-0.3, -0.25) is 9.36 Å². The molecule has 2 aromatic rings. The SMILES string of the molecule is CN1CCn2c1nn1c(=O)c3c(nc21)CCCC3. The number of fused-ring (bicyclic) bond motifs is 4. The summed E-state index contributed by atoms with van der Waals surface area (Å²) >= 11 is 0. The van der Waals surface area contributed by atoms with Gasteiger partial charge < -0.3 is 4.90 Å². The number of likely N-dealkylation sites (N-methyl/N-ethyl adjacent to an activating group) is 1. The van der Waals surface area contributed by atoms with Gasteiger partial charge in [0.1, 0.15) is 0 Å². The minimum atomic E-state index is 0.0324. The lowest BCUT2D eigenvalue weighted by Gasteiger charge is -2.13. The van der Waals surface area contributed by atoms with Gasteiger partial charge in [0.25, 0.3) is 5.56 Å². The molecule has 6 heteroatoms. The molecule has 0 saturated heterocycles. The van der Waals surface area contributed by atoms with E-state index in [0.29, 0.717) is 5.78 Å². The summed E-state index contributed by atoms with van der Waals surface area (Å²) in [6.45, 7) is 1.80. The Labute approximate surface area is 104 Å². The maximum atomic E-state index is 12.4. The van der Waals surface area contributed by atoms with Gasteiger partial charge in [0.2, 0.25) is 11.7 Å². The minimum Gasteiger partial charge on any atom is -0.342 e. The highest BCUT2D eigenvalue weighted by Crippen LogP contribution is 2.22. The number of rotatable bonds is 0. The Morgan fingerprint density at radius 3 is 2.89 bits per heavy atom. The highest BCUT2D eigenvalue weighted by molar-refractivity contribution is 5.46. The maximum Gasteiger partial charge on any atom is 0.279 e. The molecular weight excluding hydrogens is 230 g/mol. The van der Waals surface area contributed by atoms with Crippen LogP contribution < -0.4 is 10.5 Å². The zero-order chi connectivity index (χ0) is 12.3. The zero-order valence-electron chi connectivity index (χ0n) is 10.4. The molecule has 0 saturated carbocycles. The van der Waals surface area contributed by atoms with Gasteiger partial charge >= 0.3 is 0 Å². The molecule has 1 aliphatic heterocycles. The Morgan fingerprint density at radius 1 is 1.17 bits per heavy atom. The van der Waals surface area contributed by atoms with Crippen LogP contribution in [0, 0.1) is 0 Å². The highest BCUT2D eigenvalue weighted by atomic mass is 16.1. The number of hydrogen-bond donors (Lipinski definition) is 0. The van der Waals surface area contributed by atoms with Crippen LogP contribution in [0.2, 0.25) is 0 Å². The van der Waals surface area contributed by atoms with Crippen LogP contribution >= 0.6 is 0 Å². The first-order valence-electron chi connectivity index (χ1n) is 6.48. The van der Waals surface area contributed by atoms with Gasteiger partial charge in [-0.1, -0.05) is 0 Å². The summed E-state index contributed by atoms with van der Waals surface area (Å²) in [6, 6.07) is 0. The number of aryl methyl sites for hydroxylation is 1. The van der Waals surface area contributed by atoms with E-state index in [0.717, 1.165) is 56.0 Å². The summed E-state index contributed by atoms with van der Waals surface area (Å²) in [6.07, 6.45) is 4.00. The molecule has 0 N–H and O–H groups in total. The second-order valence-corrected chi connectivity index (χ2v) is 5.13. The summed E-state index contributed by atoms with van der Waals surface area (Å²) < 4.78 is 3.52. The van der Waals surface area contributed by atoms with Crippen LogP contribution in [0.25, 0.3) is 5.78 Å². The Balaban J connectivity index is 2.08. The second kappa shape index (κ2) is 3.34. The normalized spacial score (nSPS) is 18.2. The van der Waals surface area contributed by atoms with Gasteiger partial charge in [0, 0.05) is 25.7 Å². The van der Waals surface area contributed by atoms with E-state index in [-0.39, 0.29) is 5.56 Å². The number of anilines is 1. The van der Waals surface area contributed by atoms with Crippen LogP contribution in [0.3, 0.4) is 0 Å². The number of hydrogen-bond acceptors (Lipinski definition) is 4. The van der Waals surface area contributed by atoms with Crippen molar-refractivity contribution >= 4 is 11.7 Å². The van der Waals surface area contributed by atoms with Crippen molar-refractivity contribution in [3.05, 3.63) is 21.6 Å². The molecule has 1 aliphatic carbocycles. The molecule has 0 atom stereocenters. The second-order valence-electron chi connectivity index (χ2n) is 5.13. The summed E-state index contributed by atoms with van der Waals surface area (Å²) in [5, 5.41) is 4.41. The maximum absolute atomic E-state index is 12.4. The van der Waals surface area contributed by atoms with E-state index in [2.05, 4.69) is 15.0 Å². The molecule has 6 nitrogen and oxygen atoms in total. The fourth-order valence-corrected chi connectivity index (χ4v) is 2.96. The lowest BCUT2D eigenvalue weighted by atomic mass is 9.97. The van der Waals surface area contributed by atoms with Gasteiger partial charge in [-0.15, -0.1) is 5.10 Å². The molecule has 18 heavy (non-hydrogen) atoms. The van der Waals surface area contributed by atoms with E-state index in [1.165, 1.54) is 4.52 Å². The minimum absolute atomic E-state index is 0.0324. The Bertz CT molecular complexity index is 699. The van der Waals surface area contributed by atoms with Gasteiger partial charge in [0.05, 0.1) is 5.69 Å². The highest BCUT2D eigenvalue weighted by Gasteiger charge is 2.25. The third-order valence-electron chi connectivity index (χ3n) is 3.99. The topological polar surface area (TPSA) is 55.4 Å². The molecule has 0 radical (unpaired) electrons. The fourth-order valence-electron chi connectivity index (χ4n) is 2.96. The molecule has 2 aliphatic rings. The molecule has 4 rings (SSSR count). The summed E-state index contributed by atoms with van der Waals surface area (Å²) in [5.74, 6) is 1.56. The molecule has 2 aromatic heterocycles. The van der Waals surface area contributed by atoms with Crippen molar-refractivity contribution < 1.29 is 0 Å². The zero-order valence-corrected chi connectivity index (χ0v) is 10.4. The summed E-state index contributed by atoms with van der Waals surface area (Å²) in [7, 11) is 2.00. The van der Waals surface area contributed by atoms with Crippen molar-refractivity contribution in [3.63, 3.8) is 0 Å². The first-order valence-corrected chi connectivity index (χ1v) is 6.48. The first-order chi connectivity index (χ1) is 8.75. The monoisotopic (exact) mass is 245 g/mol. The molecule has 0 bridgehead atoms. The van der Waals surface area contributed by atoms with Crippen LogP contribution in [0.4, 0.5) is 5.95 Å². The largest absolute Gasteiger partial charge is 0.342 e. The van der Waals surface area contributed by atoms with E-state index in [4.69, 9.17) is 0 Å². The average Bonchev–Trinajstić information content (AvgIpc) is 2.92. The van der Waals surface area contributed by atoms with Crippen LogP contribution in [-0.2, 0) is 19.4 Å². The standard InChI is InChI=1S/C12H15N5O/c1-15-6-7-16-11-13-9-5-3-2-4-8(9)10(18)17(11)14-12(15)16/h2-7H2,1H3. The van der Waals surface area contributed by atoms with Crippen molar-refractivity contribution in [2.24, 2.45) is 0 Å². The Kier molecular flexibility index (Phi) is 1.87. The molecule has 0 amide bonds. The van der Waals surface area contributed by atoms with Crippen LogP contribution in [-0.4, -0.2) is 32.8 Å². The van der Waals surface area contributed by atoms with E-state index >= 15 is 0 Å². The fraction of sp³-hybridized carbons (Fsp3) is 0.583. The smallest absolute Gasteiger partial charge is 0.279 e. The van der Waals surface area contributed by atoms with Crippen molar-refractivity contribution in [1.82, 2.24) is 19.2 Å². The first kappa shape index (κ1) is 10.1. The third kappa shape index (κ3) is 1.15. The van der Waals surface area contributed by atoms with Gasteiger partial charge in [0.15, 0.2) is 0 Å². The van der Waals surface area contributed by atoms with E-state index in [1.54, 1.807) is 0 Å². The van der Waals surface area contributed by atoms with Crippen molar-refractivity contribution in [2.45, 2.75) is 32.2 Å². The lowest BCUT2D eigenvalue weighted by Crippen LogP contribution is -2.26. The van der Waals surface area contributed by atoms with Crippen LogP contribution in [0.1, 0.15) is 24.1 Å². The lowest BCUT2D eigenvalue weighted by molar-refractivity contribution is 0.645. The molecule has 0 fully saturated rings. The summed E-state index contributed by atoms with van der Waals surface area (Å²) in [5.41, 5.74) is 1.90. The van der Waals surface area contributed by atoms with Crippen LogP contribution in [0.5, 0.6) is 0 Å². The predicted molar refractivity (Wildman–Crippen MR) is 67.2 cm³/mol. The average molecular weight is 245 g/mol. The Morgan fingerprint density at radius 2 is 2.00 bits per heavy atom. The molecule has 0 spiro atoms. The van der Waals surface area contributed by atoms with Gasteiger partial charge in [-0.25, -0.2) is 4.98 Å². The van der Waals surface area contributed by atoms with E-state index in [9.17, 15) is 4.79 Å². The quantitative estimate of drug-likeness (QED) is 0.666. The van der Waals surface area contributed by atoms with E-state index in [1.807, 2.05) is 11.6 Å². The molecule has 0 aromatic carbocycles. The Hall–Kier alpha value is -1.85. The van der Waals surface area contributed by atoms with E-state index < -0.39 is 0 Å². The predicted octanol–water partition coefficient (Wildman–Crippen LogP) is 0.220. The van der Waals surface area contributed by atoms with Gasteiger partial charge in [-0.05, 0) is 25.7 Å². The van der Waals surface area contributed by atoms with Gasteiger partial charge in [-0.2, -0.15) is 4.52 Å². The molecular formula is C12H15N5O. The number of aromatic nitrogens is 4. The van der Waals surface area contributed by atoms with Crippen molar-refractivity contribution in [3.8, 4) is 0 Å². The third-order valence-corrected chi connectivity index (χ3v) is 3.99. The summed E-state index contributed by atoms with van der Waals surface area (Å²) in [4.78, 5) is 19.2. The number of nitrogens with zero attached hydrogens (tertiary/aromatic N) is 5.